The highest BCUT2D eigenvalue weighted by molar-refractivity contribution is 6.33. The van der Waals surface area contributed by atoms with Gasteiger partial charge in [-0.2, -0.15) is 0 Å². The number of hydrogen-bond acceptors (Lipinski definition) is 3. The Morgan fingerprint density at radius 2 is 1.50 bits per heavy atom. The molecule has 0 spiro atoms. The van der Waals surface area contributed by atoms with Crippen molar-refractivity contribution in [3.05, 3.63) is 52.8 Å². The highest BCUT2D eigenvalue weighted by Gasteiger charge is 2.07. The number of benzene rings is 1. The van der Waals surface area contributed by atoms with Crippen molar-refractivity contribution in [2.45, 2.75) is 0 Å². The van der Waals surface area contributed by atoms with Crippen molar-refractivity contribution >= 4 is 34.1 Å². The van der Waals surface area contributed by atoms with Gasteiger partial charge in [-0.3, -0.25) is 0 Å². The lowest BCUT2D eigenvalue weighted by Gasteiger charge is -2.02. The molecule has 3 rings (SSSR count). The molecule has 18 heavy (non-hydrogen) atoms. The van der Waals surface area contributed by atoms with E-state index in [2.05, 4.69) is 15.0 Å². The standard InChI is InChI=1S/C13H7Cl2N3/c14-11-7-12(15)18-13(17-11)10-6-5-8-3-1-2-4-9(8)16-10/h1-7H. The first-order chi connectivity index (χ1) is 8.72. The molecule has 0 bridgehead atoms. The SMILES string of the molecule is Clc1cc(Cl)nc(-c2ccc3ccccc3n2)n1. The van der Waals surface area contributed by atoms with Crippen molar-refractivity contribution in [2.24, 2.45) is 0 Å². The summed E-state index contributed by atoms with van der Waals surface area (Å²) in [4.78, 5) is 12.7. The third kappa shape index (κ3) is 2.15. The second kappa shape index (κ2) is 4.52. The maximum atomic E-state index is 5.85. The zero-order valence-corrected chi connectivity index (χ0v) is 10.7. The third-order valence-electron chi connectivity index (χ3n) is 2.49. The molecule has 3 aromatic rings. The summed E-state index contributed by atoms with van der Waals surface area (Å²) in [7, 11) is 0. The number of nitrogens with zero attached hydrogens (tertiary/aromatic N) is 3. The molecule has 0 aliphatic heterocycles. The van der Waals surface area contributed by atoms with Crippen molar-refractivity contribution in [3.63, 3.8) is 0 Å². The number of fused-ring (bicyclic) bond motifs is 1. The van der Waals surface area contributed by atoms with Gasteiger partial charge in [-0.15, -0.1) is 0 Å². The second-order valence-electron chi connectivity index (χ2n) is 3.73. The van der Waals surface area contributed by atoms with E-state index in [0.29, 0.717) is 21.8 Å². The van der Waals surface area contributed by atoms with Gasteiger partial charge >= 0.3 is 0 Å². The van der Waals surface area contributed by atoms with Crippen LogP contribution in [-0.4, -0.2) is 15.0 Å². The minimum atomic E-state index is 0.306. The predicted octanol–water partition coefficient (Wildman–Crippen LogP) is 4.00. The molecule has 0 N–H and O–H groups in total. The van der Waals surface area contributed by atoms with Crippen LogP contribution in [0.5, 0.6) is 0 Å². The molecule has 3 nitrogen and oxygen atoms in total. The van der Waals surface area contributed by atoms with Gasteiger partial charge in [0.15, 0.2) is 5.82 Å². The molecular formula is C13H7Cl2N3. The van der Waals surface area contributed by atoms with Crippen LogP contribution in [0, 0.1) is 0 Å². The van der Waals surface area contributed by atoms with E-state index in [4.69, 9.17) is 23.2 Å². The van der Waals surface area contributed by atoms with Gasteiger partial charge in [-0.05, 0) is 12.1 Å². The largest absolute Gasteiger partial charge is 0.244 e. The van der Waals surface area contributed by atoms with E-state index in [1.54, 1.807) is 0 Å². The first-order valence-corrected chi connectivity index (χ1v) is 6.04. The molecular weight excluding hydrogens is 269 g/mol. The van der Waals surface area contributed by atoms with Gasteiger partial charge in [-0.1, -0.05) is 47.5 Å². The van der Waals surface area contributed by atoms with Gasteiger partial charge in [0.1, 0.15) is 16.0 Å². The van der Waals surface area contributed by atoms with Gasteiger partial charge in [0.2, 0.25) is 0 Å². The van der Waals surface area contributed by atoms with Crippen molar-refractivity contribution < 1.29 is 0 Å². The topological polar surface area (TPSA) is 38.7 Å². The second-order valence-corrected chi connectivity index (χ2v) is 4.50. The molecule has 0 aliphatic rings. The third-order valence-corrected chi connectivity index (χ3v) is 2.88. The van der Waals surface area contributed by atoms with Gasteiger partial charge < -0.3 is 0 Å². The maximum Gasteiger partial charge on any atom is 0.181 e. The van der Waals surface area contributed by atoms with Crippen LogP contribution in [0.3, 0.4) is 0 Å². The normalized spacial score (nSPS) is 10.8. The van der Waals surface area contributed by atoms with Crippen molar-refractivity contribution in [1.82, 2.24) is 15.0 Å². The summed E-state index contributed by atoms with van der Waals surface area (Å²) in [5.41, 5.74) is 1.53. The van der Waals surface area contributed by atoms with Gasteiger partial charge in [-0.25, -0.2) is 15.0 Å². The number of hydrogen-bond donors (Lipinski definition) is 0. The van der Waals surface area contributed by atoms with Crippen LogP contribution < -0.4 is 0 Å². The van der Waals surface area contributed by atoms with Gasteiger partial charge in [0.25, 0.3) is 0 Å². The lowest BCUT2D eigenvalue weighted by atomic mass is 10.2. The van der Waals surface area contributed by atoms with Crippen LogP contribution >= 0.6 is 23.2 Å². The summed E-state index contributed by atoms with van der Waals surface area (Å²) in [5, 5.41) is 1.68. The van der Waals surface area contributed by atoms with Crippen LogP contribution in [0.15, 0.2) is 42.5 Å². The first-order valence-electron chi connectivity index (χ1n) is 5.28. The zero-order chi connectivity index (χ0) is 12.5. The highest BCUT2D eigenvalue weighted by Crippen LogP contribution is 2.21. The van der Waals surface area contributed by atoms with E-state index in [1.807, 2.05) is 36.4 Å². The van der Waals surface area contributed by atoms with Gasteiger partial charge in [0.05, 0.1) is 5.52 Å². The Kier molecular flexibility index (Phi) is 2.86. The summed E-state index contributed by atoms with van der Waals surface area (Å²) >= 11 is 11.7. The molecule has 0 aliphatic carbocycles. The van der Waals surface area contributed by atoms with E-state index >= 15 is 0 Å². The minimum absolute atomic E-state index is 0.306. The molecule has 0 atom stereocenters. The Balaban J connectivity index is 2.19. The van der Waals surface area contributed by atoms with Crippen LogP contribution in [0.4, 0.5) is 0 Å². The summed E-state index contributed by atoms with van der Waals surface area (Å²) in [5.74, 6) is 0.429. The number of para-hydroxylation sites is 1. The zero-order valence-electron chi connectivity index (χ0n) is 9.14. The Morgan fingerprint density at radius 3 is 2.28 bits per heavy atom. The average molecular weight is 276 g/mol. The quantitative estimate of drug-likeness (QED) is 0.630. The van der Waals surface area contributed by atoms with E-state index in [9.17, 15) is 0 Å². The fourth-order valence-corrected chi connectivity index (χ4v) is 2.12. The molecule has 88 valence electrons. The van der Waals surface area contributed by atoms with Crippen molar-refractivity contribution in [3.8, 4) is 11.5 Å². The number of aromatic nitrogens is 3. The average Bonchev–Trinajstić information content (AvgIpc) is 2.37. The predicted molar refractivity (Wildman–Crippen MR) is 72.8 cm³/mol. The van der Waals surface area contributed by atoms with Crippen molar-refractivity contribution in [2.75, 3.05) is 0 Å². The summed E-state index contributed by atoms with van der Waals surface area (Å²) in [6.07, 6.45) is 0. The minimum Gasteiger partial charge on any atom is -0.244 e. The van der Waals surface area contributed by atoms with Crippen molar-refractivity contribution in [1.29, 1.82) is 0 Å². The highest BCUT2D eigenvalue weighted by atomic mass is 35.5. The fraction of sp³-hybridized carbons (Fsp3) is 0. The van der Waals surface area contributed by atoms with Crippen LogP contribution in [0.2, 0.25) is 10.3 Å². The van der Waals surface area contributed by atoms with Crippen LogP contribution in [-0.2, 0) is 0 Å². The lowest BCUT2D eigenvalue weighted by molar-refractivity contribution is 1.15. The Hall–Kier alpha value is -1.71. The van der Waals surface area contributed by atoms with E-state index in [-0.39, 0.29) is 0 Å². The molecule has 0 amide bonds. The van der Waals surface area contributed by atoms with E-state index in [1.165, 1.54) is 6.07 Å². The Labute approximate surface area is 113 Å². The molecule has 0 fully saturated rings. The van der Waals surface area contributed by atoms with E-state index in [0.717, 1.165) is 10.9 Å². The Bertz CT molecular complexity index is 708. The van der Waals surface area contributed by atoms with Crippen LogP contribution in [0.25, 0.3) is 22.4 Å². The first kappa shape index (κ1) is 11.4. The molecule has 2 heterocycles. The number of halogens is 2. The molecule has 5 heteroatoms. The fourth-order valence-electron chi connectivity index (χ4n) is 1.70. The number of rotatable bonds is 1. The van der Waals surface area contributed by atoms with Crippen LogP contribution in [0.1, 0.15) is 0 Å². The summed E-state index contributed by atoms with van der Waals surface area (Å²) in [6.45, 7) is 0. The monoisotopic (exact) mass is 275 g/mol. The Morgan fingerprint density at radius 1 is 0.778 bits per heavy atom. The summed E-state index contributed by atoms with van der Waals surface area (Å²) < 4.78 is 0. The summed E-state index contributed by atoms with van der Waals surface area (Å²) in [6, 6.07) is 13.2. The molecule has 2 aromatic heterocycles. The molecule has 0 saturated carbocycles. The molecule has 1 aromatic carbocycles. The van der Waals surface area contributed by atoms with Gasteiger partial charge in [0, 0.05) is 11.5 Å². The maximum absolute atomic E-state index is 5.85. The smallest absolute Gasteiger partial charge is 0.181 e. The lowest BCUT2D eigenvalue weighted by Crippen LogP contribution is -1.93. The molecule has 0 radical (unpaired) electrons. The molecule has 0 saturated heterocycles. The number of pyridine rings is 1. The molecule has 0 unspecified atom stereocenters. The van der Waals surface area contributed by atoms with E-state index < -0.39 is 0 Å².